The number of rotatable bonds is 2. The smallest absolute Gasteiger partial charge is 0.115 e. The number of hydrogen-bond donors (Lipinski definition) is 3. The lowest BCUT2D eigenvalue weighted by Crippen LogP contribution is -2.22. The van der Waals surface area contributed by atoms with Gasteiger partial charge in [0.2, 0.25) is 0 Å². The molecule has 0 bridgehead atoms. The van der Waals surface area contributed by atoms with Gasteiger partial charge in [0, 0.05) is 0 Å². The third-order valence-corrected chi connectivity index (χ3v) is 1.80. The number of phenols is 1. The second-order valence-electron chi connectivity index (χ2n) is 2.86. The highest BCUT2D eigenvalue weighted by Crippen LogP contribution is 2.17. The zero-order valence-corrected chi connectivity index (χ0v) is 8.16. The molecule has 0 amide bonds. The van der Waals surface area contributed by atoms with Gasteiger partial charge in [-0.3, -0.25) is 0 Å². The van der Waals surface area contributed by atoms with Crippen LogP contribution in [0.2, 0.25) is 0 Å². The van der Waals surface area contributed by atoms with Gasteiger partial charge >= 0.3 is 0 Å². The zero-order valence-electron chi connectivity index (χ0n) is 7.34. The third kappa shape index (κ3) is 3.22. The van der Waals surface area contributed by atoms with E-state index in [0.29, 0.717) is 0 Å². The Kier molecular flexibility index (Phi) is 4.77. The first-order valence-electron chi connectivity index (χ1n) is 3.84. The fourth-order valence-corrected chi connectivity index (χ4v) is 0.975. The lowest BCUT2D eigenvalue weighted by molar-refractivity contribution is 0.164. The molecule has 0 aliphatic rings. The van der Waals surface area contributed by atoms with Crippen molar-refractivity contribution >= 4 is 12.4 Å². The van der Waals surface area contributed by atoms with Gasteiger partial charge in [0.1, 0.15) is 5.75 Å². The molecule has 1 rings (SSSR count). The molecule has 4 heteroatoms. The van der Waals surface area contributed by atoms with Crippen LogP contribution < -0.4 is 5.73 Å². The van der Waals surface area contributed by atoms with Gasteiger partial charge in [0.15, 0.2) is 0 Å². The van der Waals surface area contributed by atoms with Crippen LogP contribution >= 0.6 is 12.4 Å². The van der Waals surface area contributed by atoms with Crippen molar-refractivity contribution in [2.75, 3.05) is 0 Å². The lowest BCUT2D eigenvalue weighted by atomic mass is 10.0. The summed E-state index contributed by atoms with van der Waals surface area (Å²) in [5.74, 6) is 0.205. The second kappa shape index (κ2) is 5.07. The van der Waals surface area contributed by atoms with Gasteiger partial charge < -0.3 is 15.9 Å². The Balaban J connectivity index is 0.00000144. The van der Waals surface area contributed by atoms with Crippen LogP contribution in [0.3, 0.4) is 0 Å². The Bertz CT molecular complexity index is 248. The second-order valence-corrected chi connectivity index (χ2v) is 2.86. The van der Waals surface area contributed by atoms with E-state index in [1.165, 1.54) is 0 Å². The molecule has 0 saturated carbocycles. The first-order valence-corrected chi connectivity index (χ1v) is 3.84. The minimum absolute atomic E-state index is 0. The molecule has 1 aromatic carbocycles. The fourth-order valence-electron chi connectivity index (χ4n) is 0.975. The molecule has 0 heterocycles. The number of phenolic OH excluding ortho intramolecular Hbond substituents is 1. The van der Waals surface area contributed by atoms with E-state index in [1.54, 1.807) is 31.2 Å². The molecule has 3 nitrogen and oxygen atoms in total. The van der Waals surface area contributed by atoms with Crippen LogP contribution in [0.15, 0.2) is 24.3 Å². The van der Waals surface area contributed by atoms with Crippen LogP contribution in [-0.2, 0) is 0 Å². The van der Waals surface area contributed by atoms with Crippen molar-refractivity contribution in [3.8, 4) is 5.75 Å². The van der Waals surface area contributed by atoms with Gasteiger partial charge in [0.05, 0.1) is 12.1 Å². The number of aliphatic hydroxyl groups is 1. The molecule has 0 aliphatic heterocycles. The summed E-state index contributed by atoms with van der Waals surface area (Å²) >= 11 is 0. The molecule has 0 radical (unpaired) electrons. The molecular weight excluding hydrogens is 190 g/mol. The first-order chi connectivity index (χ1) is 5.61. The Labute approximate surface area is 83.6 Å². The maximum Gasteiger partial charge on any atom is 0.115 e. The van der Waals surface area contributed by atoms with Crippen molar-refractivity contribution < 1.29 is 10.2 Å². The monoisotopic (exact) mass is 203 g/mol. The molecule has 0 fully saturated rings. The quantitative estimate of drug-likeness (QED) is 0.677. The summed E-state index contributed by atoms with van der Waals surface area (Å²) in [4.78, 5) is 0. The molecule has 0 aliphatic carbocycles. The summed E-state index contributed by atoms with van der Waals surface area (Å²) in [5, 5.41) is 18.1. The molecule has 2 atom stereocenters. The minimum atomic E-state index is -0.574. The van der Waals surface area contributed by atoms with E-state index in [1.807, 2.05) is 0 Å². The molecule has 0 aromatic heterocycles. The van der Waals surface area contributed by atoms with Crippen LogP contribution in [0.4, 0.5) is 0 Å². The van der Waals surface area contributed by atoms with Crippen molar-refractivity contribution in [2.24, 2.45) is 5.73 Å². The van der Waals surface area contributed by atoms with E-state index >= 15 is 0 Å². The number of hydrogen-bond acceptors (Lipinski definition) is 3. The Morgan fingerprint density at radius 3 is 2.08 bits per heavy atom. The molecule has 74 valence electrons. The van der Waals surface area contributed by atoms with Crippen molar-refractivity contribution in [3.63, 3.8) is 0 Å². The van der Waals surface area contributed by atoms with Crippen molar-refractivity contribution in [3.05, 3.63) is 29.8 Å². The molecule has 0 spiro atoms. The number of nitrogens with two attached hydrogens (primary N) is 1. The fraction of sp³-hybridized carbons (Fsp3) is 0.333. The zero-order chi connectivity index (χ0) is 9.14. The predicted molar refractivity (Wildman–Crippen MR) is 54.0 cm³/mol. The van der Waals surface area contributed by atoms with E-state index in [2.05, 4.69) is 0 Å². The third-order valence-electron chi connectivity index (χ3n) is 1.80. The van der Waals surface area contributed by atoms with E-state index in [-0.39, 0.29) is 24.2 Å². The number of benzene rings is 1. The van der Waals surface area contributed by atoms with E-state index < -0.39 is 6.10 Å². The largest absolute Gasteiger partial charge is 0.508 e. The average molecular weight is 204 g/mol. The Hall–Kier alpha value is -0.770. The molecule has 4 N–H and O–H groups in total. The van der Waals surface area contributed by atoms with Crippen molar-refractivity contribution in [1.82, 2.24) is 0 Å². The summed E-state index contributed by atoms with van der Waals surface area (Å²) in [5.41, 5.74) is 6.48. The topological polar surface area (TPSA) is 66.5 Å². The van der Waals surface area contributed by atoms with Gasteiger partial charge in [-0.2, -0.15) is 0 Å². The summed E-state index contributed by atoms with van der Waals surface area (Å²) in [7, 11) is 0. The summed E-state index contributed by atoms with van der Waals surface area (Å²) in [6.45, 7) is 1.64. The highest BCUT2D eigenvalue weighted by molar-refractivity contribution is 5.85. The summed E-state index contributed by atoms with van der Waals surface area (Å²) in [6, 6.07) is 6.12. The highest BCUT2D eigenvalue weighted by Gasteiger charge is 2.10. The first kappa shape index (κ1) is 12.2. The average Bonchev–Trinajstić information content (AvgIpc) is 2.04. The van der Waals surface area contributed by atoms with Crippen LogP contribution in [0.25, 0.3) is 0 Å². The Morgan fingerprint density at radius 2 is 1.69 bits per heavy atom. The molecular formula is C9H14ClNO2. The number of aromatic hydroxyl groups is 1. The van der Waals surface area contributed by atoms with Crippen molar-refractivity contribution in [2.45, 2.75) is 19.1 Å². The lowest BCUT2D eigenvalue weighted by Gasteiger charge is -2.14. The van der Waals surface area contributed by atoms with Crippen LogP contribution in [-0.4, -0.2) is 16.3 Å². The maximum atomic E-state index is 9.16. The van der Waals surface area contributed by atoms with Crippen LogP contribution in [0.5, 0.6) is 5.75 Å². The van der Waals surface area contributed by atoms with Gasteiger partial charge in [-0.25, -0.2) is 0 Å². The standard InChI is InChI=1S/C9H13NO2.ClH/c1-6(11)9(10)7-2-4-8(12)5-3-7;/h2-6,9,11-12H,10H2,1H3;1H/t6-,9-;/m1./s1. The predicted octanol–water partition coefficient (Wildman–Crippen LogP) is 1.19. The highest BCUT2D eigenvalue weighted by atomic mass is 35.5. The molecule has 0 unspecified atom stereocenters. The normalized spacial score (nSPS) is 14.4. The molecule has 1 aromatic rings. The minimum Gasteiger partial charge on any atom is -0.508 e. The Morgan fingerprint density at radius 1 is 1.23 bits per heavy atom. The number of halogens is 1. The van der Waals surface area contributed by atoms with E-state index in [9.17, 15) is 0 Å². The van der Waals surface area contributed by atoms with Gasteiger partial charge in [-0.15, -0.1) is 12.4 Å². The summed E-state index contributed by atoms with van der Waals surface area (Å²) < 4.78 is 0. The van der Waals surface area contributed by atoms with E-state index in [0.717, 1.165) is 5.56 Å². The molecule has 13 heavy (non-hydrogen) atoms. The number of aliphatic hydroxyl groups excluding tert-OH is 1. The van der Waals surface area contributed by atoms with Crippen LogP contribution in [0.1, 0.15) is 18.5 Å². The summed E-state index contributed by atoms with van der Waals surface area (Å²) in [6.07, 6.45) is -0.574. The molecule has 0 saturated heterocycles. The SMILES string of the molecule is C[C@@H](O)[C@@H](N)c1ccc(O)cc1.Cl. The van der Waals surface area contributed by atoms with Gasteiger partial charge in [-0.1, -0.05) is 12.1 Å². The van der Waals surface area contributed by atoms with E-state index in [4.69, 9.17) is 15.9 Å². The van der Waals surface area contributed by atoms with Gasteiger partial charge in [0.25, 0.3) is 0 Å². The van der Waals surface area contributed by atoms with Gasteiger partial charge in [-0.05, 0) is 24.6 Å². The van der Waals surface area contributed by atoms with Crippen LogP contribution in [0, 0.1) is 0 Å². The maximum absolute atomic E-state index is 9.16. The van der Waals surface area contributed by atoms with Crippen molar-refractivity contribution in [1.29, 1.82) is 0 Å².